The van der Waals surface area contributed by atoms with Crippen LogP contribution in [0.2, 0.25) is 0 Å². The van der Waals surface area contributed by atoms with Gasteiger partial charge in [0.1, 0.15) is 5.75 Å². The number of piperidine rings is 1. The number of nitrogens with one attached hydrogen (secondary N) is 2. The van der Waals surface area contributed by atoms with E-state index in [2.05, 4.69) is 32.3 Å². The normalized spacial score (nSPS) is 16.9. The molecule has 2 aromatic rings. The summed E-state index contributed by atoms with van der Waals surface area (Å²) in [6.45, 7) is 8.10. The first-order valence-electron chi connectivity index (χ1n) is 11.8. The molecule has 184 valence electrons. The van der Waals surface area contributed by atoms with E-state index in [1.165, 1.54) is 11.8 Å². The first-order chi connectivity index (χ1) is 16.7. The number of anilines is 1. The molecule has 2 amide bonds. The van der Waals surface area contributed by atoms with Gasteiger partial charge in [-0.2, -0.15) is 0 Å². The van der Waals surface area contributed by atoms with Crippen LogP contribution in [0.25, 0.3) is 10.4 Å². The minimum Gasteiger partial charge on any atom is -0.363 e. The minimum atomic E-state index is -3.34. The van der Waals surface area contributed by atoms with E-state index in [-0.39, 0.29) is 23.5 Å². The monoisotopic (exact) mass is 495 g/mol. The van der Waals surface area contributed by atoms with Crippen LogP contribution in [0.15, 0.2) is 30.5 Å². The molecule has 1 saturated heterocycles. The SMILES string of the molecule is [C-]#[N+]c1cnc(C(=O)Nc2ccc(C3CCN(C(=O)CS(C)(=O)=O)CC3)cc2C2=CCCCC2)[nH]1. The van der Waals surface area contributed by atoms with Gasteiger partial charge in [-0.1, -0.05) is 18.7 Å². The number of rotatable bonds is 6. The molecule has 1 aromatic carbocycles. The van der Waals surface area contributed by atoms with Crippen molar-refractivity contribution >= 4 is 38.7 Å². The summed E-state index contributed by atoms with van der Waals surface area (Å²) < 4.78 is 22.9. The number of carbonyl (C=O) groups is 2. The number of allylic oxidation sites excluding steroid dienone is 2. The zero-order valence-corrected chi connectivity index (χ0v) is 20.5. The predicted octanol–water partition coefficient (Wildman–Crippen LogP) is 3.92. The van der Waals surface area contributed by atoms with Crippen molar-refractivity contribution in [3.8, 4) is 0 Å². The predicted molar refractivity (Wildman–Crippen MR) is 134 cm³/mol. The lowest BCUT2D eigenvalue weighted by Crippen LogP contribution is -2.40. The number of sulfone groups is 1. The smallest absolute Gasteiger partial charge is 0.314 e. The zero-order valence-electron chi connectivity index (χ0n) is 19.7. The number of amides is 2. The van der Waals surface area contributed by atoms with Gasteiger partial charge in [0.2, 0.25) is 11.7 Å². The molecule has 2 N–H and O–H groups in total. The van der Waals surface area contributed by atoms with Gasteiger partial charge in [0.05, 0.1) is 6.20 Å². The van der Waals surface area contributed by atoms with Crippen LogP contribution in [0.5, 0.6) is 0 Å². The first-order valence-corrected chi connectivity index (χ1v) is 13.8. The highest BCUT2D eigenvalue weighted by molar-refractivity contribution is 7.91. The molecule has 35 heavy (non-hydrogen) atoms. The van der Waals surface area contributed by atoms with Crippen LogP contribution in [0, 0.1) is 6.57 Å². The molecule has 0 saturated carbocycles. The minimum absolute atomic E-state index is 0.0924. The van der Waals surface area contributed by atoms with Crippen LogP contribution in [-0.2, 0) is 14.6 Å². The number of aromatic amines is 1. The van der Waals surface area contributed by atoms with Crippen LogP contribution in [0.4, 0.5) is 11.5 Å². The fourth-order valence-electron chi connectivity index (χ4n) is 4.72. The van der Waals surface area contributed by atoms with Crippen molar-refractivity contribution in [2.75, 3.05) is 30.4 Å². The van der Waals surface area contributed by atoms with E-state index in [0.29, 0.717) is 18.8 Å². The Labute approximate surface area is 205 Å². The van der Waals surface area contributed by atoms with Crippen LogP contribution >= 0.6 is 0 Å². The Hall–Kier alpha value is -3.45. The Kier molecular flexibility index (Phi) is 7.36. The summed E-state index contributed by atoms with van der Waals surface area (Å²) >= 11 is 0. The number of likely N-dealkylation sites (tertiary alicyclic amines) is 1. The number of imidazole rings is 1. The van der Waals surface area contributed by atoms with Gasteiger partial charge < -0.3 is 15.1 Å². The average Bonchev–Trinajstić information content (AvgIpc) is 3.34. The van der Waals surface area contributed by atoms with Crippen LogP contribution in [0.1, 0.15) is 66.2 Å². The Morgan fingerprint density at radius 2 is 2.03 bits per heavy atom. The number of H-pyrrole nitrogens is 1. The fraction of sp³-hybridized carbons (Fsp3) is 0.440. The third-order valence-corrected chi connectivity index (χ3v) is 7.30. The molecule has 1 aromatic heterocycles. The molecule has 0 atom stereocenters. The van der Waals surface area contributed by atoms with Crippen LogP contribution < -0.4 is 5.32 Å². The van der Waals surface area contributed by atoms with Crippen molar-refractivity contribution in [1.29, 1.82) is 0 Å². The van der Waals surface area contributed by atoms with Gasteiger partial charge >= 0.3 is 5.91 Å². The van der Waals surface area contributed by atoms with E-state index in [4.69, 9.17) is 6.57 Å². The van der Waals surface area contributed by atoms with Crippen LogP contribution in [-0.4, -0.2) is 60.2 Å². The van der Waals surface area contributed by atoms with E-state index in [1.807, 2.05) is 12.1 Å². The molecule has 1 aliphatic heterocycles. The molecule has 0 bridgehead atoms. The zero-order chi connectivity index (χ0) is 25.0. The van der Waals surface area contributed by atoms with Gasteiger partial charge in [-0.25, -0.2) is 13.4 Å². The molecule has 9 nitrogen and oxygen atoms in total. The van der Waals surface area contributed by atoms with E-state index in [9.17, 15) is 18.0 Å². The molecule has 1 fully saturated rings. The molecule has 2 heterocycles. The van der Waals surface area contributed by atoms with Crippen molar-refractivity contribution in [3.05, 3.63) is 58.8 Å². The van der Waals surface area contributed by atoms with Gasteiger partial charge in [0.25, 0.3) is 5.82 Å². The number of aromatic nitrogens is 2. The summed E-state index contributed by atoms with van der Waals surface area (Å²) in [6.07, 6.45) is 10.3. The molecule has 0 spiro atoms. The molecule has 4 rings (SSSR count). The summed E-state index contributed by atoms with van der Waals surface area (Å²) in [6, 6.07) is 6.06. The number of benzene rings is 1. The van der Waals surface area contributed by atoms with Gasteiger partial charge in [-0.05, 0) is 67.7 Å². The van der Waals surface area contributed by atoms with Crippen molar-refractivity contribution in [2.45, 2.75) is 44.4 Å². The maximum atomic E-state index is 12.8. The molecular weight excluding hydrogens is 466 g/mol. The van der Waals surface area contributed by atoms with Crippen molar-refractivity contribution in [1.82, 2.24) is 14.9 Å². The van der Waals surface area contributed by atoms with Gasteiger partial charge in [0, 0.05) is 30.6 Å². The van der Waals surface area contributed by atoms with E-state index in [0.717, 1.165) is 55.9 Å². The molecular formula is C25H29N5O4S. The Bertz CT molecular complexity index is 1300. The molecule has 1 aliphatic carbocycles. The lowest BCUT2D eigenvalue weighted by atomic mass is 9.85. The molecule has 2 aliphatic rings. The van der Waals surface area contributed by atoms with Crippen molar-refractivity contribution in [2.24, 2.45) is 0 Å². The summed E-state index contributed by atoms with van der Waals surface area (Å²) in [4.78, 5) is 36.6. The Morgan fingerprint density at radius 3 is 2.66 bits per heavy atom. The molecule has 10 heteroatoms. The van der Waals surface area contributed by atoms with Crippen molar-refractivity contribution in [3.63, 3.8) is 0 Å². The topological polar surface area (TPSA) is 117 Å². The van der Waals surface area contributed by atoms with Crippen molar-refractivity contribution < 1.29 is 18.0 Å². The third-order valence-electron chi connectivity index (χ3n) is 6.53. The van der Waals surface area contributed by atoms with E-state index in [1.54, 1.807) is 4.90 Å². The number of carbonyl (C=O) groups excluding carboxylic acids is 2. The quantitative estimate of drug-likeness (QED) is 0.589. The maximum absolute atomic E-state index is 12.8. The van der Waals surface area contributed by atoms with Gasteiger partial charge in [-0.3, -0.25) is 14.6 Å². The summed E-state index contributed by atoms with van der Waals surface area (Å²) in [5, 5.41) is 2.95. The standard InChI is InChI=1S/C25H29N5O4S/c1-26-22-15-27-24(29-22)25(32)28-21-9-8-19(14-20(21)18-6-4-3-5-7-18)17-10-12-30(13-11-17)23(31)16-35(2,33)34/h6,8-9,14-15,17H,3-5,7,10-13,16H2,2H3,(H,27,29)(H,28,32). The average molecular weight is 496 g/mol. The Morgan fingerprint density at radius 1 is 1.26 bits per heavy atom. The highest BCUT2D eigenvalue weighted by Gasteiger charge is 2.27. The second-order valence-corrected chi connectivity index (χ2v) is 11.3. The van der Waals surface area contributed by atoms with Gasteiger partial charge in [-0.15, -0.1) is 0 Å². The number of hydrogen-bond donors (Lipinski definition) is 2. The Balaban J connectivity index is 1.53. The summed E-state index contributed by atoms with van der Waals surface area (Å²) in [5.74, 6) is -0.635. The van der Waals surface area contributed by atoms with Gasteiger partial charge in [0.15, 0.2) is 9.84 Å². The fourth-order valence-corrected chi connectivity index (χ4v) is 5.35. The van der Waals surface area contributed by atoms with E-state index < -0.39 is 21.5 Å². The number of hydrogen-bond acceptors (Lipinski definition) is 5. The van der Waals surface area contributed by atoms with E-state index >= 15 is 0 Å². The lowest BCUT2D eigenvalue weighted by molar-refractivity contribution is -0.129. The summed E-state index contributed by atoms with van der Waals surface area (Å²) in [7, 11) is -3.34. The first kappa shape index (κ1) is 24.7. The highest BCUT2D eigenvalue weighted by Crippen LogP contribution is 2.36. The largest absolute Gasteiger partial charge is 0.363 e. The summed E-state index contributed by atoms with van der Waals surface area (Å²) in [5.41, 5.74) is 4.04. The second-order valence-electron chi connectivity index (χ2n) is 9.19. The number of nitrogens with zero attached hydrogens (tertiary/aromatic N) is 3. The maximum Gasteiger partial charge on any atom is 0.314 e. The molecule has 0 unspecified atom stereocenters. The third kappa shape index (κ3) is 6.17. The van der Waals surface area contributed by atoms with Crippen LogP contribution in [0.3, 0.4) is 0 Å². The molecule has 0 radical (unpaired) electrons. The second kappa shape index (κ2) is 10.4. The lowest BCUT2D eigenvalue weighted by Gasteiger charge is -2.32. The highest BCUT2D eigenvalue weighted by atomic mass is 32.2.